The molecule has 1 aliphatic heterocycles. The zero-order valence-corrected chi connectivity index (χ0v) is 14.7. The third kappa shape index (κ3) is 1.98. The summed E-state index contributed by atoms with van der Waals surface area (Å²) in [6.07, 6.45) is 5.59. The van der Waals surface area contributed by atoms with Gasteiger partial charge in [-0.05, 0) is 72.8 Å². The van der Waals surface area contributed by atoms with Gasteiger partial charge in [0.05, 0.1) is 29.0 Å². The number of nitrogens with one attached hydrogen (secondary N) is 2. The standard InChI is InChI=1S/C22H19FN4/c23-15-4-3-13(8-14(15)9-24)21-19-12-2-1-11(7-12)18(19)20-16(27-21)5-6-17-22(20)26-10-25-17/h3-6,8,10-12,18-19,21,27H,1-2,7H2,(H,25,26)/t11-,12+,18+,19-,21+/m1/s1. The second kappa shape index (κ2) is 5.32. The molecule has 0 saturated heterocycles. The van der Waals surface area contributed by atoms with E-state index in [1.54, 1.807) is 12.4 Å². The molecule has 2 fully saturated rings. The van der Waals surface area contributed by atoms with Crippen molar-refractivity contribution in [3.63, 3.8) is 0 Å². The molecule has 2 aromatic carbocycles. The molecular weight excluding hydrogens is 339 g/mol. The minimum Gasteiger partial charge on any atom is -0.378 e. The van der Waals surface area contributed by atoms with Crippen LogP contribution in [-0.4, -0.2) is 9.97 Å². The van der Waals surface area contributed by atoms with Gasteiger partial charge < -0.3 is 10.3 Å². The molecule has 6 rings (SSSR count). The van der Waals surface area contributed by atoms with Gasteiger partial charge in [0.2, 0.25) is 0 Å². The first-order chi connectivity index (χ1) is 13.2. The maximum Gasteiger partial charge on any atom is 0.140 e. The number of fused-ring (bicyclic) bond motifs is 9. The number of halogens is 1. The molecule has 0 amide bonds. The first-order valence-corrected chi connectivity index (χ1v) is 9.66. The summed E-state index contributed by atoms with van der Waals surface area (Å²) in [7, 11) is 0. The summed E-state index contributed by atoms with van der Waals surface area (Å²) in [5.74, 6) is 1.88. The van der Waals surface area contributed by atoms with E-state index in [0.717, 1.165) is 22.3 Å². The largest absolute Gasteiger partial charge is 0.378 e. The number of aromatic amines is 1. The summed E-state index contributed by atoms with van der Waals surface area (Å²) in [6.45, 7) is 0. The molecule has 134 valence electrons. The molecule has 3 aliphatic rings. The highest BCUT2D eigenvalue weighted by atomic mass is 19.1. The van der Waals surface area contributed by atoms with Gasteiger partial charge in [-0.2, -0.15) is 5.26 Å². The van der Waals surface area contributed by atoms with E-state index in [2.05, 4.69) is 27.4 Å². The lowest BCUT2D eigenvalue weighted by Crippen LogP contribution is -2.35. The summed E-state index contributed by atoms with van der Waals surface area (Å²) in [5.41, 5.74) is 5.80. The van der Waals surface area contributed by atoms with Crippen LogP contribution in [-0.2, 0) is 0 Å². The van der Waals surface area contributed by atoms with E-state index >= 15 is 0 Å². The SMILES string of the molecule is N#Cc1cc([C@@H]2Nc3ccc4[nH]cnc4c3[C@H]3[C@@H]4CC[C@@H](C4)[C@H]32)ccc1F. The first kappa shape index (κ1) is 15.2. The molecule has 2 aliphatic carbocycles. The molecule has 4 nitrogen and oxygen atoms in total. The number of hydrogen-bond acceptors (Lipinski definition) is 3. The van der Waals surface area contributed by atoms with Crippen LogP contribution in [0.3, 0.4) is 0 Å². The minimum absolute atomic E-state index is 0.113. The van der Waals surface area contributed by atoms with Crippen molar-refractivity contribution in [3.05, 3.63) is 59.2 Å². The molecule has 27 heavy (non-hydrogen) atoms. The van der Waals surface area contributed by atoms with Crippen molar-refractivity contribution in [1.82, 2.24) is 9.97 Å². The lowest BCUT2D eigenvalue weighted by atomic mass is 9.67. The average molecular weight is 358 g/mol. The maximum atomic E-state index is 13.9. The van der Waals surface area contributed by atoms with E-state index in [1.165, 1.54) is 30.9 Å². The van der Waals surface area contributed by atoms with Gasteiger partial charge in [0.15, 0.2) is 0 Å². The van der Waals surface area contributed by atoms with Gasteiger partial charge in [-0.1, -0.05) is 6.07 Å². The van der Waals surface area contributed by atoms with Crippen molar-refractivity contribution >= 4 is 16.7 Å². The van der Waals surface area contributed by atoms with Crippen molar-refractivity contribution in [1.29, 1.82) is 5.26 Å². The molecule has 0 unspecified atom stereocenters. The molecule has 3 aromatic rings. The molecule has 2 saturated carbocycles. The Bertz CT molecular complexity index is 1110. The third-order valence-electron chi connectivity index (χ3n) is 7.11. The minimum atomic E-state index is -0.444. The van der Waals surface area contributed by atoms with Crippen LogP contribution < -0.4 is 5.32 Å². The van der Waals surface area contributed by atoms with E-state index < -0.39 is 5.82 Å². The van der Waals surface area contributed by atoms with Crippen LogP contribution in [0, 0.1) is 34.9 Å². The Labute approximate surface area is 156 Å². The molecule has 5 heteroatoms. The summed E-state index contributed by atoms with van der Waals surface area (Å²) < 4.78 is 13.9. The molecular formula is C22H19FN4. The van der Waals surface area contributed by atoms with Crippen LogP contribution in [0.25, 0.3) is 11.0 Å². The van der Waals surface area contributed by atoms with Gasteiger partial charge in [-0.3, -0.25) is 0 Å². The zero-order valence-electron chi connectivity index (χ0n) is 14.7. The summed E-state index contributed by atoms with van der Waals surface area (Å²) in [4.78, 5) is 7.87. The van der Waals surface area contributed by atoms with E-state index in [-0.39, 0.29) is 11.6 Å². The highest BCUT2D eigenvalue weighted by molar-refractivity contribution is 5.86. The lowest BCUT2D eigenvalue weighted by Gasteiger charge is -2.43. The van der Waals surface area contributed by atoms with Crippen molar-refractivity contribution in [3.8, 4) is 6.07 Å². The average Bonchev–Trinajstić information content (AvgIpc) is 3.43. The smallest absolute Gasteiger partial charge is 0.140 e. The first-order valence-electron chi connectivity index (χ1n) is 9.66. The summed E-state index contributed by atoms with van der Waals surface area (Å²) in [6, 6.07) is 11.3. The van der Waals surface area contributed by atoms with Crippen molar-refractivity contribution in [2.24, 2.45) is 17.8 Å². The Morgan fingerprint density at radius 1 is 1.15 bits per heavy atom. The Hall–Kier alpha value is -2.87. The number of aromatic nitrogens is 2. The predicted molar refractivity (Wildman–Crippen MR) is 101 cm³/mol. The van der Waals surface area contributed by atoms with Gasteiger partial charge in [-0.25, -0.2) is 9.37 Å². The normalized spacial score (nSPS) is 30.6. The van der Waals surface area contributed by atoms with Crippen molar-refractivity contribution < 1.29 is 4.39 Å². The van der Waals surface area contributed by atoms with Crippen LogP contribution >= 0.6 is 0 Å². The van der Waals surface area contributed by atoms with E-state index in [0.29, 0.717) is 23.7 Å². The highest BCUT2D eigenvalue weighted by Crippen LogP contribution is 2.64. The van der Waals surface area contributed by atoms with Gasteiger partial charge in [0, 0.05) is 11.3 Å². The molecule has 2 heterocycles. The topological polar surface area (TPSA) is 64.5 Å². The molecule has 1 aromatic heterocycles. The van der Waals surface area contributed by atoms with Crippen molar-refractivity contribution in [2.75, 3.05) is 5.32 Å². The third-order valence-corrected chi connectivity index (χ3v) is 7.11. The van der Waals surface area contributed by atoms with Crippen molar-refractivity contribution in [2.45, 2.75) is 31.2 Å². The lowest BCUT2D eigenvalue weighted by molar-refractivity contribution is 0.248. The number of nitriles is 1. The number of hydrogen-bond donors (Lipinski definition) is 2. The van der Waals surface area contributed by atoms with E-state index in [1.807, 2.05) is 12.1 Å². The fourth-order valence-corrected chi connectivity index (χ4v) is 6.13. The van der Waals surface area contributed by atoms with Crippen LogP contribution in [0.1, 0.15) is 47.9 Å². The van der Waals surface area contributed by atoms with Crippen LogP contribution in [0.15, 0.2) is 36.7 Å². The fourth-order valence-electron chi connectivity index (χ4n) is 6.13. The number of rotatable bonds is 1. The zero-order chi connectivity index (χ0) is 18.1. The fraction of sp³-hybridized carbons (Fsp3) is 0.364. The number of anilines is 1. The molecule has 5 atom stereocenters. The number of benzene rings is 2. The molecule has 0 spiro atoms. The second-order valence-electron chi connectivity index (χ2n) is 8.23. The second-order valence-corrected chi connectivity index (χ2v) is 8.23. The van der Waals surface area contributed by atoms with Crippen LogP contribution in [0.2, 0.25) is 0 Å². The number of H-pyrrole nitrogens is 1. The van der Waals surface area contributed by atoms with Crippen LogP contribution in [0.4, 0.5) is 10.1 Å². The van der Waals surface area contributed by atoms with Gasteiger partial charge in [0.25, 0.3) is 0 Å². The Morgan fingerprint density at radius 3 is 2.93 bits per heavy atom. The molecule has 0 radical (unpaired) electrons. The number of imidazole rings is 1. The van der Waals surface area contributed by atoms with E-state index in [9.17, 15) is 9.65 Å². The number of nitrogens with zero attached hydrogens (tertiary/aromatic N) is 2. The molecule has 2 bridgehead atoms. The van der Waals surface area contributed by atoms with Gasteiger partial charge >= 0.3 is 0 Å². The quantitative estimate of drug-likeness (QED) is 0.652. The Morgan fingerprint density at radius 2 is 2.04 bits per heavy atom. The van der Waals surface area contributed by atoms with Crippen LogP contribution in [0.5, 0.6) is 0 Å². The summed E-state index contributed by atoms with van der Waals surface area (Å²) in [5, 5.41) is 13.0. The van der Waals surface area contributed by atoms with E-state index in [4.69, 9.17) is 0 Å². The van der Waals surface area contributed by atoms with Gasteiger partial charge in [-0.15, -0.1) is 0 Å². The predicted octanol–water partition coefficient (Wildman–Crippen LogP) is 4.87. The Kier molecular flexibility index (Phi) is 3.00. The Balaban J connectivity index is 1.55. The molecule has 2 N–H and O–H groups in total. The van der Waals surface area contributed by atoms with Gasteiger partial charge in [0.1, 0.15) is 11.9 Å². The highest BCUT2D eigenvalue weighted by Gasteiger charge is 2.54. The monoisotopic (exact) mass is 358 g/mol. The maximum absolute atomic E-state index is 13.9. The summed E-state index contributed by atoms with van der Waals surface area (Å²) >= 11 is 0.